The molecule has 5 nitrogen and oxygen atoms in total. The van der Waals surface area contributed by atoms with Gasteiger partial charge in [0.2, 0.25) is 0 Å². The predicted octanol–water partition coefficient (Wildman–Crippen LogP) is 3.66. The van der Waals surface area contributed by atoms with E-state index in [2.05, 4.69) is 0 Å². The molecule has 128 valence electrons. The van der Waals surface area contributed by atoms with Crippen LogP contribution in [0.15, 0.2) is 48.5 Å². The summed E-state index contributed by atoms with van der Waals surface area (Å²) in [5.74, 6) is -1.85. The minimum Gasteiger partial charge on any atom is -0.330 e. The van der Waals surface area contributed by atoms with Crippen LogP contribution in [-0.2, 0) is 16.1 Å². The van der Waals surface area contributed by atoms with E-state index >= 15 is 0 Å². The summed E-state index contributed by atoms with van der Waals surface area (Å²) in [4.78, 5) is 41.5. The lowest BCUT2D eigenvalue weighted by atomic mass is 9.98. The second-order valence-corrected chi connectivity index (χ2v) is 6.49. The molecular weight excluding hydrogens is 342 g/mol. The van der Waals surface area contributed by atoms with Crippen LogP contribution in [0.3, 0.4) is 0 Å². The lowest BCUT2D eigenvalue weighted by Crippen LogP contribution is -2.33. The van der Waals surface area contributed by atoms with Crippen molar-refractivity contribution < 1.29 is 19.2 Å². The second kappa shape index (κ2) is 7.07. The van der Waals surface area contributed by atoms with Crippen molar-refractivity contribution in [2.75, 3.05) is 0 Å². The lowest BCUT2D eigenvalue weighted by molar-refractivity contribution is -0.169. The lowest BCUT2D eigenvalue weighted by Gasteiger charge is -2.15. The van der Waals surface area contributed by atoms with Crippen molar-refractivity contribution in [1.29, 1.82) is 0 Å². The molecule has 2 amide bonds. The van der Waals surface area contributed by atoms with Gasteiger partial charge >= 0.3 is 5.97 Å². The molecule has 0 aliphatic carbocycles. The van der Waals surface area contributed by atoms with E-state index in [1.54, 1.807) is 24.3 Å². The number of hydrogen-bond acceptors (Lipinski definition) is 4. The number of carbonyl (C=O) groups excluding carboxylic acids is 3. The van der Waals surface area contributed by atoms with Crippen molar-refractivity contribution in [3.63, 3.8) is 0 Å². The van der Waals surface area contributed by atoms with Gasteiger partial charge < -0.3 is 4.84 Å². The van der Waals surface area contributed by atoms with Crippen molar-refractivity contribution in [3.05, 3.63) is 70.2 Å². The van der Waals surface area contributed by atoms with Crippen LogP contribution < -0.4 is 0 Å². The van der Waals surface area contributed by atoms with E-state index in [0.29, 0.717) is 16.5 Å². The molecular formula is C19H16ClNO4. The van der Waals surface area contributed by atoms with Gasteiger partial charge in [0.15, 0.2) is 0 Å². The van der Waals surface area contributed by atoms with Crippen LogP contribution >= 0.6 is 11.6 Å². The monoisotopic (exact) mass is 357 g/mol. The molecule has 1 heterocycles. The fraction of sp³-hybridized carbons (Fsp3) is 0.211. The number of hydrogen-bond donors (Lipinski definition) is 0. The van der Waals surface area contributed by atoms with Gasteiger partial charge in [-0.05, 0) is 42.2 Å². The van der Waals surface area contributed by atoms with Crippen molar-refractivity contribution >= 4 is 29.4 Å². The molecule has 1 atom stereocenters. The van der Waals surface area contributed by atoms with Gasteiger partial charge in [-0.1, -0.05) is 47.9 Å². The number of halogens is 1. The van der Waals surface area contributed by atoms with E-state index in [1.807, 2.05) is 19.1 Å². The number of carbonyl (C=O) groups is 3. The largest absolute Gasteiger partial charge is 0.333 e. The molecule has 0 saturated heterocycles. The molecule has 1 aliphatic rings. The summed E-state index contributed by atoms with van der Waals surface area (Å²) in [6.45, 7) is 1.90. The highest BCUT2D eigenvalue weighted by Crippen LogP contribution is 2.23. The zero-order valence-electron chi connectivity index (χ0n) is 13.6. The number of rotatable bonds is 5. The third-order valence-corrected chi connectivity index (χ3v) is 4.21. The molecule has 0 aromatic heterocycles. The smallest absolute Gasteiger partial charge is 0.330 e. The van der Waals surface area contributed by atoms with Crippen molar-refractivity contribution in [2.24, 2.45) is 5.92 Å². The molecule has 3 rings (SSSR count). The molecule has 25 heavy (non-hydrogen) atoms. The van der Waals surface area contributed by atoms with Crippen LogP contribution in [0.4, 0.5) is 0 Å². The Kier molecular flexibility index (Phi) is 4.86. The minimum absolute atomic E-state index is 0.0103. The zero-order chi connectivity index (χ0) is 18.0. The van der Waals surface area contributed by atoms with Crippen LogP contribution in [0.25, 0.3) is 0 Å². The summed E-state index contributed by atoms with van der Waals surface area (Å²) in [6.07, 6.45) is 0.754. The third-order valence-electron chi connectivity index (χ3n) is 3.96. The van der Waals surface area contributed by atoms with Crippen LogP contribution in [0.2, 0.25) is 5.02 Å². The summed E-state index contributed by atoms with van der Waals surface area (Å²) >= 11 is 5.85. The Hall–Kier alpha value is -2.66. The summed E-state index contributed by atoms with van der Waals surface area (Å²) in [6, 6.07) is 13.8. The quantitative estimate of drug-likeness (QED) is 0.766. The highest BCUT2D eigenvalue weighted by molar-refractivity contribution is 6.30. The number of fused-ring (bicyclic) bond motifs is 1. The fourth-order valence-corrected chi connectivity index (χ4v) is 2.89. The SMILES string of the molecule is CC(CC(=O)ON1C(=O)c2ccccc2C1=O)Cc1ccc(Cl)cc1. The van der Waals surface area contributed by atoms with E-state index in [9.17, 15) is 14.4 Å². The molecule has 0 fully saturated rings. The van der Waals surface area contributed by atoms with Gasteiger partial charge in [0.05, 0.1) is 17.5 Å². The topological polar surface area (TPSA) is 63.7 Å². The minimum atomic E-state index is -0.615. The van der Waals surface area contributed by atoms with E-state index in [4.69, 9.17) is 16.4 Å². The van der Waals surface area contributed by atoms with Gasteiger partial charge in [-0.3, -0.25) is 9.59 Å². The summed E-state index contributed by atoms with van der Waals surface area (Å²) in [5, 5.41) is 1.20. The highest BCUT2D eigenvalue weighted by atomic mass is 35.5. The number of hydroxylamine groups is 2. The van der Waals surface area contributed by atoms with E-state index in [-0.39, 0.29) is 23.5 Å². The number of nitrogens with zero attached hydrogens (tertiary/aromatic N) is 1. The van der Waals surface area contributed by atoms with Crippen molar-refractivity contribution in [2.45, 2.75) is 19.8 Å². The highest BCUT2D eigenvalue weighted by Gasteiger charge is 2.38. The molecule has 1 aliphatic heterocycles. The summed E-state index contributed by atoms with van der Waals surface area (Å²) in [5.41, 5.74) is 1.54. The Labute approximate surface area is 150 Å². The molecule has 6 heteroatoms. The predicted molar refractivity (Wildman–Crippen MR) is 92.0 cm³/mol. The first kappa shape index (κ1) is 17.2. The molecule has 2 aromatic rings. The third kappa shape index (κ3) is 3.72. The van der Waals surface area contributed by atoms with Gasteiger partial charge in [0.25, 0.3) is 11.8 Å². The molecule has 1 unspecified atom stereocenters. The van der Waals surface area contributed by atoms with Gasteiger partial charge in [0, 0.05) is 5.02 Å². The Bertz CT molecular complexity index is 797. The molecule has 0 bridgehead atoms. The molecule has 0 saturated carbocycles. The van der Waals surface area contributed by atoms with Crippen LogP contribution in [-0.4, -0.2) is 22.8 Å². The van der Waals surface area contributed by atoms with E-state index in [1.165, 1.54) is 12.1 Å². The Morgan fingerprint density at radius 1 is 1.04 bits per heavy atom. The van der Waals surface area contributed by atoms with Crippen LogP contribution in [0.1, 0.15) is 39.6 Å². The van der Waals surface area contributed by atoms with Crippen molar-refractivity contribution in [3.8, 4) is 0 Å². The van der Waals surface area contributed by atoms with E-state index < -0.39 is 17.8 Å². The maximum Gasteiger partial charge on any atom is 0.333 e. The first-order valence-corrected chi connectivity index (χ1v) is 8.26. The normalized spacial score (nSPS) is 14.4. The van der Waals surface area contributed by atoms with Crippen LogP contribution in [0.5, 0.6) is 0 Å². The maximum absolute atomic E-state index is 12.2. The summed E-state index contributed by atoms with van der Waals surface area (Å²) < 4.78 is 0. The Morgan fingerprint density at radius 2 is 1.60 bits per heavy atom. The fourth-order valence-electron chi connectivity index (χ4n) is 2.77. The maximum atomic E-state index is 12.2. The summed E-state index contributed by atoms with van der Waals surface area (Å²) in [7, 11) is 0. The van der Waals surface area contributed by atoms with Gasteiger partial charge in [-0.25, -0.2) is 4.79 Å². The molecule has 0 spiro atoms. The standard InChI is InChI=1S/C19H16ClNO4/c1-12(10-13-6-8-14(20)9-7-13)11-17(22)25-21-18(23)15-4-2-3-5-16(15)19(21)24/h2-9,12H,10-11H2,1H3. The Balaban J connectivity index is 1.59. The molecule has 0 N–H and O–H groups in total. The molecule has 2 aromatic carbocycles. The first-order valence-electron chi connectivity index (χ1n) is 7.88. The second-order valence-electron chi connectivity index (χ2n) is 6.05. The van der Waals surface area contributed by atoms with Crippen molar-refractivity contribution in [1.82, 2.24) is 5.06 Å². The van der Waals surface area contributed by atoms with Crippen LogP contribution in [0, 0.1) is 5.92 Å². The van der Waals surface area contributed by atoms with Gasteiger partial charge in [-0.2, -0.15) is 0 Å². The number of amides is 2. The average Bonchev–Trinajstić information content (AvgIpc) is 2.82. The zero-order valence-corrected chi connectivity index (χ0v) is 14.3. The first-order chi connectivity index (χ1) is 12.0. The number of benzene rings is 2. The number of imide groups is 1. The van der Waals surface area contributed by atoms with E-state index in [0.717, 1.165) is 5.56 Å². The average molecular weight is 358 g/mol. The Morgan fingerprint density at radius 3 is 2.16 bits per heavy atom. The van der Waals surface area contributed by atoms with Gasteiger partial charge in [-0.15, -0.1) is 0 Å². The molecule has 0 radical (unpaired) electrons. The van der Waals surface area contributed by atoms with Gasteiger partial charge in [0.1, 0.15) is 0 Å².